The number of aliphatic hydroxyl groups is 1. The smallest absolute Gasteiger partial charge is 0.213 e. The minimum Gasteiger partial charge on any atom is -0.469 e. The van der Waals surface area contributed by atoms with Gasteiger partial charge < -0.3 is 28.8 Å². The predicted octanol–water partition coefficient (Wildman–Crippen LogP) is 4.63. The van der Waals surface area contributed by atoms with E-state index in [4.69, 9.17) is 23.7 Å². The van der Waals surface area contributed by atoms with E-state index in [0.29, 0.717) is 18.8 Å². The van der Waals surface area contributed by atoms with Gasteiger partial charge in [-0.25, -0.2) is 0 Å². The van der Waals surface area contributed by atoms with Gasteiger partial charge in [-0.3, -0.25) is 4.79 Å². The number of carbonyl (C=O) groups excluding carboxylic acids is 1. The van der Waals surface area contributed by atoms with Crippen LogP contribution in [0.15, 0.2) is 23.5 Å². The van der Waals surface area contributed by atoms with Crippen LogP contribution >= 0.6 is 0 Å². The Hall–Kier alpha value is -1.25. The molecule has 37 heavy (non-hydrogen) atoms. The van der Waals surface area contributed by atoms with E-state index in [2.05, 4.69) is 27.4 Å². The summed E-state index contributed by atoms with van der Waals surface area (Å²) in [5.74, 6) is -2.00. The number of hydrogen-bond donors (Lipinski definition) is 1. The molecule has 4 aliphatic carbocycles. The highest BCUT2D eigenvalue weighted by atomic mass is 16.8. The van der Waals surface area contributed by atoms with Gasteiger partial charge in [-0.2, -0.15) is 0 Å². The Labute approximate surface area is 219 Å². The summed E-state index contributed by atoms with van der Waals surface area (Å²) in [4.78, 5) is 14.4. The van der Waals surface area contributed by atoms with E-state index in [1.54, 1.807) is 0 Å². The zero-order valence-corrected chi connectivity index (χ0v) is 22.9. The number of allylic oxidation sites excluding steroid dienone is 1. The third-order valence-electron chi connectivity index (χ3n) is 11.0. The molecule has 0 aromatic rings. The van der Waals surface area contributed by atoms with Gasteiger partial charge in [-0.05, 0) is 68.4 Å². The van der Waals surface area contributed by atoms with Crippen LogP contribution in [0.3, 0.4) is 0 Å². The average Bonchev–Trinajstić information content (AvgIpc) is 2.94. The molecule has 204 valence electrons. The molecule has 8 aliphatic rings. The first-order chi connectivity index (χ1) is 17.5. The number of carbonyl (C=O) groups is 1. The van der Waals surface area contributed by atoms with E-state index >= 15 is 0 Å². The summed E-state index contributed by atoms with van der Waals surface area (Å²) in [5.41, 5.74) is -0.130. The minimum absolute atomic E-state index is 0.0471. The third-order valence-corrected chi connectivity index (χ3v) is 11.0. The number of rotatable bonds is 4. The Morgan fingerprint density at radius 1 is 1.16 bits per heavy atom. The van der Waals surface area contributed by atoms with Gasteiger partial charge >= 0.3 is 0 Å². The Kier molecular flexibility index (Phi) is 5.01. The van der Waals surface area contributed by atoms with Crippen LogP contribution in [0.1, 0.15) is 79.6 Å². The Morgan fingerprint density at radius 3 is 2.70 bits per heavy atom. The molecule has 4 aliphatic heterocycles. The van der Waals surface area contributed by atoms with Crippen LogP contribution in [-0.2, 0) is 28.5 Å². The standard InChI is InChI=1S/C30H42O7/c1-7-8-13-33-20-12-9-17-14-26(3,4)21-23(32)30-29-19(28(21,15-34-30)24(17)35-20)11-10-18(16(2)22(29)31)25(29)36-27(5,6)37-30/h18-21,23,25,32H,2,7-15H2,1,3-6H3/t18-,19-,20-,21+,23-,25+,28-,29-,30-/m0/s1. The van der Waals surface area contributed by atoms with Gasteiger partial charge in [-0.1, -0.05) is 33.8 Å². The van der Waals surface area contributed by atoms with E-state index < -0.39 is 34.6 Å². The van der Waals surface area contributed by atoms with Gasteiger partial charge in [0.05, 0.1) is 24.7 Å². The van der Waals surface area contributed by atoms with Crippen molar-refractivity contribution in [3.05, 3.63) is 23.5 Å². The zero-order valence-electron chi connectivity index (χ0n) is 22.9. The maximum absolute atomic E-state index is 14.4. The highest BCUT2D eigenvalue weighted by Crippen LogP contribution is 2.80. The summed E-state index contributed by atoms with van der Waals surface area (Å²) in [6, 6.07) is 0. The SMILES string of the molecule is C=C1C(=O)[C@@]23[C@@H]4OC(C)(C)O[C@]25OC[C@]2(C6=C(CC[C@@H](OCCCC)O6)CC(C)(C)[C@H]2[C@@H]5O)[C@@H]3CC[C@@H]14. The summed E-state index contributed by atoms with van der Waals surface area (Å²) < 4.78 is 33.0. The van der Waals surface area contributed by atoms with Crippen LogP contribution in [0.4, 0.5) is 0 Å². The van der Waals surface area contributed by atoms with Crippen molar-refractivity contribution in [3.8, 4) is 0 Å². The first-order valence-electron chi connectivity index (χ1n) is 14.4. The fourth-order valence-electron chi connectivity index (χ4n) is 10.1. The summed E-state index contributed by atoms with van der Waals surface area (Å²) in [5, 5.41) is 12.4. The largest absolute Gasteiger partial charge is 0.469 e. The van der Waals surface area contributed by atoms with Crippen molar-refractivity contribution in [1.29, 1.82) is 0 Å². The molecule has 3 saturated heterocycles. The van der Waals surface area contributed by atoms with E-state index in [-0.39, 0.29) is 35.2 Å². The monoisotopic (exact) mass is 514 g/mol. The number of ether oxygens (including phenoxy) is 5. The lowest BCUT2D eigenvalue weighted by atomic mass is 9.36. The molecule has 7 nitrogen and oxygen atoms in total. The summed E-state index contributed by atoms with van der Waals surface area (Å²) >= 11 is 0. The van der Waals surface area contributed by atoms with Crippen molar-refractivity contribution >= 4 is 5.78 Å². The van der Waals surface area contributed by atoms with Crippen LogP contribution in [0.2, 0.25) is 0 Å². The maximum Gasteiger partial charge on any atom is 0.213 e. The normalized spacial score (nSPS) is 50.3. The molecule has 9 atom stereocenters. The Balaban J connectivity index is 1.43. The van der Waals surface area contributed by atoms with Gasteiger partial charge in [0.25, 0.3) is 0 Å². The lowest BCUT2D eigenvalue weighted by molar-refractivity contribution is -0.527. The summed E-state index contributed by atoms with van der Waals surface area (Å²) in [7, 11) is 0. The van der Waals surface area contributed by atoms with Crippen LogP contribution in [0.25, 0.3) is 0 Å². The van der Waals surface area contributed by atoms with Gasteiger partial charge in [0.1, 0.15) is 17.3 Å². The van der Waals surface area contributed by atoms with Crippen molar-refractivity contribution < 1.29 is 33.6 Å². The number of hydrogen-bond acceptors (Lipinski definition) is 7. The quantitative estimate of drug-likeness (QED) is 0.433. The summed E-state index contributed by atoms with van der Waals surface area (Å²) in [6.45, 7) is 15.7. The third kappa shape index (κ3) is 2.69. The lowest BCUT2D eigenvalue weighted by Crippen LogP contribution is -2.87. The highest BCUT2D eigenvalue weighted by Gasteiger charge is 2.90. The van der Waals surface area contributed by atoms with Crippen molar-refractivity contribution in [2.45, 2.75) is 110 Å². The molecule has 3 saturated carbocycles. The van der Waals surface area contributed by atoms with E-state index in [9.17, 15) is 9.90 Å². The van der Waals surface area contributed by atoms with Crippen LogP contribution < -0.4 is 0 Å². The number of aliphatic hydroxyl groups excluding tert-OH is 1. The van der Waals surface area contributed by atoms with Crippen LogP contribution in [0, 0.1) is 34.0 Å². The molecule has 6 fully saturated rings. The molecule has 0 aromatic heterocycles. The van der Waals surface area contributed by atoms with E-state index in [1.807, 2.05) is 13.8 Å². The van der Waals surface area contributed by atoms with Crippen molar-refractivity contribution in [1.82, 2.24) is 0 Å². The molecule has 0 unspecified atom stereocenters. The average molecular weight is 515 g/mol. The maximum atomic E-state index is 14.4. The zero-order chi connectivity index (χ0) is 26.2. The van der Waals surface area contributed by atoms with Crippen molar-refractivity contribution in [3.63, 3.8) is 0 Å². The molecular weight excluding hydrogens is 472 g/mol. The van der Waals surface area contributed by atoms with Crippen LogP contribution in [-0.4, -0.2) is 54.2 Å². The van der Waals surface area contributed by atoms with E-state index in [1.165, 1.54) is 5.57 Å². The fourth-order valence-corrected chi connectivity index (χ4v) is 10.1. The second-order valence-electron chi connectivity index (χ2n) is 13.8. The highest BCUT2D eigenvalue weighted by molar-refractivity contribution is 6.05. The second kappa shape index (κ2) is 7.48. The van der Waals surface area contributed by atoms with E-state index in [0.717, 1.165) is 50.7 Å². The molecule has 0 aromatic carbocycles. The molecule has 3 spiro atoms. The number of fused-ring (bicyclic) bond motifs is 1. The Morgan fingerprint density at radius 2 is 1.95 bits per heavy atom. The first-order valence-corrected chi connectivity index (χ1v) is 14.4. The molecular formula is C30H42O7. The number of unbranched alkanes of at least 4 members (excludes halogenated alkanes) is 1. The molecule has 0 amide bonds. The van der Waals surface area contributed by atoms with Gasteiger partial charge in [0.2, 0.25) is 5.79 Å². The number of ketones is 1. The Bertz CT molecular complexity index is 1090. The second-order valence-corrected chi connectivity index (χ2v) is 13.8. The molecule has 0 radical (unpaired) electrons. The molecule has 8 rings (SSSR count). The summed E-state index contributed by atoms with van der Waals surface area (Å²) in [6.07, 6.45) is 4.53. The predicted molar refractivity (Wildman–Crippen MR) is 134 cm³/mol. The number of Topliss-reactive ketones (excluding diaryl/α,β-unsaturated/α-hetero) is 1. The van der Waals surface area contributed by atoms with Gasteiger partial charge in [0, 0.05) is 18.3 Å². The van der Waals surface area contributed by atoms with Gasteiger partial charge in [0.15, 0.2) is 17.9 Å². The topological polar surface area (TPSA) is 83.5 Å². The van der Waals surface area contributed by atoms with Crippen LogP contribution in [0.5, 0.6) is 0 Å². The van der Waals surface area contributed by atoms with Crippen molar-refractivity contribution in [2.24, 2.45) is 34.0 Å². The molecule has 7 heteroatoms. The van der Waals surface area contributed by atoms with Gasteiger partial charge in [-0.15, -0.1) is 0 Å². The minimum atomic E-state index is -1.47. The lowest BCUT2D eigenvalue weighted by Gasteiger charge is -2.77. The molecule has 4 heterocycles. The fraction of sp³-hybridized carbons (Fsp3) is 0.833. The molecule has 4 bridgehead atoms. The molecule has 1 N–H and O–H groups in total. The first kappa shape index (κ1) is 24.8. The van der Waals surface area contributed by atoms with Crippen molar-refractivity contribution in [2.75, 3.05) is 13.2 Å².